The molecule has 0 atom stereocenters. The van der Waals surface area contributed by atoms with Crippen LogP contribution >= 0.6 is 11.6 Å². The summed E-state index contributed by atoms with van der Waals surface area (Å²) < 4.78 is 15.5. The molecular formula is C32H25ClFN7. The van der Waals surface area contributed by atoms with E-state index in [1.54, 1.807) is 24.5 Å². The second kappa shape index (κ2) is 11.5. The van der Waals surface area contributed by atoms with Crippen LogP contribution in [0.4, 0.5) is 10.1 Å². The summed E-state index contributed by atoms with van der Waals surface area (Å²) in [5.41, 5.74) is 7.20. The molecule has 0 saturated carbocycles. The zero-order chi connectivity index (χ0) is 28.2. The van der Waals surface area contributed by atoms with Crippen molar-refractivity contribution < 1.29 is 4.39 Å². The van der Waals surface area contributed by atoms with E-state index in [4.69, 9.17) is 11.6 Å². The Morgan fingerprint density at radius 2 is 1.68 bits per heavy atom. The van der Waals surface area contributed by atoms with E-state index in [1.807, 2.05) is 67.1 Å². The number of aromatic nitrogens is 5. The highest BCUT2D eigenvalue weighted by Gasteiger charge is 2.14. The van der Waals surface area contributed by atoms with E-state index >= 15 is 0 Å². The molecule has 3 heterocycles. The Bertz CT molecular complexity index is 1810. The summed E-state index contributed by atoms with van der Waals surface area (Å²) in [6, 6.07) is 22.6. The van der Waals surface area contributed by atoms with Gasteiger partial charge in [0.25, 0.3) is 0 Å². The SMILES string of the molecule is N#CC(=Cc1cn(Cc2ccc(F)cc2)c2cc(Cl)ccc12)c1cccc(N(Cc2cn[nH]c2)Cc2cn[nH]c2)c1. The molecule has 0 unspecified atom stereocenters. The first-order chi connectivity index (χ1) is 20.1. The Balaban J connectivity index is 1.36. The molecule has 202 valence electrons. The van der Waals surface area contributed by atoms with Gasteiger partial charge in [-0.05, 0) is 53.6 Å². The first-order valence-corrected chi connectivity index (χ1v) is 13.4. The molecule has 6 aromatic rings. The molecule has 9 heteroatoms. The van der Waals surface area contributed by atoms with Crippen molar-refractivity contribution in [1.82, 2.24) is 25.0 Å². The number of aromatic amines is 2. The van der Waals surface area contributed by atoms with Crippen molar-refractivity contribution in [1.29, 1.82) is 5.26 Å². The Morgan fingerprint density at radius 1 is 0.951 bits per heavy atom. The van der Waals surface area contributed by atoms with Gasteiger partial charge in [-0.2, -0.15) is 15.5 Å². The van der Waals surface area contributed by atoms with E-state index in [-0.39, 0.29) is 5.82 Å². The van der Waals surface area contributed by atoms with Crippen molar-refractivity contribution >= 4 is 39.8 Å². The zero-order valence-electron chi connectivity index (χ0n) is 21.9. The number of allylic oxidation sites excluding steroid dienone is 1. The maximum atomic E-state index is 13.5. The van der Waals surface area contributed by atoms with Crippen molar-refractivity contribution in [2.45, 2.75) is 19.6 Å². The van der Waals surface area contributed by atoms with Crippen molar-refractivity contribution in [2.75, 3.05) is 4.90 Å². The van der Waals surface area contributed by atoms with E-state index in [2.05, 4.69) is 35.9 Å². The van der Waals surface area contributed by atoms with Gasteiger partial charge >= 0.3 is 0 Å². The smallest absolute Gasteiger partial charge is 0.123 e. The molecule has 6 rings (SSSR count). The van der Waals surface area contributed by atoms with Crippen LogP contribution in [-0.2, 0) is 19.6 Å². The summed E-state index contributed by atoms with van der Waals surface area (Å²) in [4.78, 5) is 2.21. The average molecular weight is 562 g/mol. The highest BCUT2D eigenvalue weighted by Crippen LogP contribution is 2.30. The third kappa shape index (κ3) is 5.91. The van der Waals surface area contributed by atoms with E-state index in [1.165, 1.54) is 12.1 Å². The number of halogens is 2. The lowest BCUT2D eigenvalue weighted by Gasteiger charge is -2.24. The zero-order valence-corrected chi connectivity index (χ0v) is 22.7. The van der Waals surface area contributed by atoms with Gasteiger partial charge < -0.3 is 9.47 Å². The van der Waals surface area contributed by atoms with Gasteiger partial charge in [-0.15, -0.1) is 0 Å². The normalized spacial score (nSPS) is 11.6. The summed E-state index contributed by atoms with van der Waals surface area (Å²) >= 11 is 6.35. The topological polar surface area (TPSA) is 89.3 Å². The quantitative estimate of drug-likeness (QED) is 0.183. The van der Waals surface area contributed by atoms with E-state index in [0.717, 1.165) is 44.4 Å². The molecule has 41 heavy (non-hydrogen) atoms. The molecule has 7 nitrogen and oxygen atoms in total. The molecule has 0 aliphatic heterocycles. The summed E-state index contributed by atoms with van der Waals surface area (Å²) in [6.07, 6.45) is 11.3. The molecule has 0 saturated heterocycles. The van der Waals surface area contributed by atoms with Crippen LogP contribution in [0, 0.1) is 17.1 Å². The summed E-state index contributed by atoms with van der Waals surface area (Å²) in [5, 5.41) is 25.8. The first kappa shape index (κ1) is 26.1. The molecule has 0 spiro atoms. The van der Waals surface area contributed by atoms with Crippen LogP contribution in [0.1, 0.15) is 27.8 Å². The second-order valence-corrected chi connectivity index (χ2v) is 10.2. The average Bonchev–Trinajstić information content (AvgIpc) is 3.76. The largest absolute Gasteiger partial charge is 0.363 e. The minimum atomic E-state index is -0.272. The van der Waals surface area contributed by atoms with Gasteiger partial charge in [0.2, 0.25) is 0 Å². The minimum Gasteiger partial charge on any atom is -0.363 e. The number of hydrogen-bond donors (Lipinski definition) is 2. The third-order valence-corrected chi connectivity index (χ3v) is 7.18. The highest BCUT2D eigenvalue weighted by molar-refractivity contribution is 6.31. The molecule has 0 bridgehead atoms. The van der Waals surface area contributed by atoms with Crippen LogP contribution in [0.5, 0.6) is 0 Å². The molecule has 3 aromatic heterocycles. The number of nitrogens with one attached hydrogen (secondary N) is 2. The predicted molar refractivity (Wildman–Crippen MR) is 159 cm³/mol. The number of nitriles is 1. The van der Waals surface area contributed by atoms with Crippen LogP contribution in [0.25, 0.3) is 22.6 Å². The number of anilines is 1. The Labute approximate surface area is 241 Å². The number of nitrogens with zero attached hydrogens (tertiary/aromatic N) is 5. The lowest BCUT2D eigenvalue weighted by Crippen LogP contribution is -2.21. The predicted octanol–water partition coefficient (Wildman–Crippen LogP) is 7.20. The van der Waals surface area contributed by atoms with Crippen LogP contribution in [0.2, 0.25) is 5.02 Å². The number of H-pyrrole nitrogens is 2. The second-order valence-electron chi connectivity index (χ2n) is 9.79. The highest BCUT2D eigenvalue weighted by atomic mass is 35.5. The maximum Gasteiger partial charge on any atom is 0.123 e. The Hall–Kier alpha value is -5.13. The van der Waals surface area contributed by atoms with Crippen molar-refractivity contribution in [3.8, 4) is 6.07 Å². The molecular weight excluding hydrogens is 537 g/mol. The molecule has 0 fully saturated rings. The number of hydrogen-bond acceptors (Lipinski definition) is 4. The molecule has 2 N–H and O–H groups in total. The number of fused-ring (bicyclic) bond motifs is 1. The van der Waals surface area contributed by atoms with Gasteiger partial charge in [-0.25, -0.2) is 4.39 Å². The van der Waals surface area contributed by atoms with Crippen molar-refractivity contribution in [2.24, 2.45) is 0 Å². The molecule has 0 amide bonds. The molecule has 0 aliphatic rings. The van der Waals surface area contributed by atoms with Crippen LogP contribution in [0.3, 0.4) is 0 Å². The van der Waals surface area contributed by atoms with E-state index in [9.17, 15) is 9.65 Å². The van der Waals surface area contributed by atoms with Crippen LogP contribution < -0.4 is 4.90 Å². The Kier molecular flexibility index (Phi) is 7.35. The maximum absolute atomic E-state index is 13.5. The van der Waals surface area contributed by atoms with Gasteiger partial charge in [0, 0.05) is 71.0 Å². The summed E-state index contributed by atoms with van der Waals surface area (Å²) in [7, 11) is 0. The van der Waals surface area contributed by atoms with Gasteiger partial charge in [-0.3, -0.25) is 10.2 Å². The fraction of sp³-hybridized carbons (Fsp3) is 0.0938. The fourth-order valence-corrected chi connectivity index (χ4v) is 5.11. The van der Waals surface area contributed by atoms with Gasteiger partial charge in [-0.1, -0.05) is 41.9 Å². The van der Waals surface area contributed by atoms with E-state index < -0.39 is 0 Å². The van der Waals surface area contributed by atoms with Gasteiger partial charge in [0.15, 0.2) is 0 Å². The Morgan fingerprint density at radius 3 is 2.34 bits per heavy atom. The monoisotopic (exact) mass is 561 g/mol. The standard InChI is InChI=1S/C32H25ClFN7/c33-28-6-9-31-27(21-41(32(31)12-28)18-22-4-7-29(34)8-5-22)10-26(13-35)25-2-1-3-30(11-25)40(19-23-14-36-37-15-23)20-24-16-38-39-17-24/h1-12,14-17,21H,18-20H2,(H,36,37)(H,38,39). The van der Waals surface area contributed by atoms with Crippen molar-refractivity contribution in [3.63, 3.8) is 0 Å². The van der Waals surface area contributed by atoms with E-state index in [0.29, 0.717) is 30.2 Å². The summed E-state index contributed by atoms with van der Waals surface area (Å²) in [5.74, 6) is -0.272. The van der Waals surface area contributed by atoms with Crippen LogP contribution in [0.15, 0.2) is 97.7 Å². The minimum absolute atomic E-state index is 0.272. The van der Waals surface area contributed by atoms with Crippen LogP contribution in [-0.4, -0.2) is 25.0 Å². The number of benzene rings is 3. The van der Waals surface area contributed by atoms with Gasteiger partial charge in [0.05, 0.1) is 29.6 Å². The molecule has 0 radical (unpaired) electrons. The lowest BCUT2D eigenvalue weighted by molar-refractivity contribution is 0.626. The lowest BCUT2D eigenvalue weighted by atomic mass is 10.0. The molecule has 3 aromatic carbocycles. The molecule has 0 aliphatic carbocycles. The summed E-state index contributed by atoms with van der Waals surface area (Å²) in [6.45, 7) is 1.81. The first-order valence-electron chi connectivity index (χ1n) is 13.0. The fourth-order valence-electron chi connectivity index (χ4n) is 4.94. The number of rotatable bonds is 9. The van der Waals surface area contributed by atoms with Gasteiger partial charge in [0.1, 0.15) is 5.82 Å². The third-order valence-electron chi connectivity index (χ3n) is 6.94. The van der Waals surface area contributed by atoms with Crippen molar-refractivity contribution in [3.05, 3.63) is 136 Å².